The number of aromatic nitrogens is 4. The average Bonchev–Trinajstić information content (AvgIpc) is 2.99. The Morgan fingerprint density at radius 1 is 1.45 bits per heavy atom. The highest BCUT2D eigenvalue weighted by atomic mass is 19.4. The Morgan fingerprint density at radius 3 is 2.91 bits per heavy atom. The highest BCUT2D eigenvalue weighted by Gasteiger charge is 2.31. The zero-order valence-electron chi connectivity index (χ0n) is 11.2. The second-order valence-corrected chi connectivity index (χ2v) is 4.80. The van der Waals surface area contributed by atoms with Gasteiger partial charge in [0.05, 0.1) is 12.8 Å². The number of aromatic carboxylic acids is 1. The van der Waals surface area contributed by atoms with Crippen LogP contribution in [0, 0.1) is 0 Å². The van der Waals surface area contributed by atoms with Crippen LogP contribution >= 0.6 is 0 Å². The molecule has 0 bridgehead atoms. The Bertz CT molecular complexity index is 720. The number of alkyl halides is 3. The fraction of sp³-hybridized carbons (Fsp3) is 0.417. The van der Waals surface area contributed by atoms with Crippen LogP contribution in [0.25, 0.3) is 11.3 Å². The topological polar surface area (TPSA) is 82.2 Å². The molecule has 0 fully saturated rings. The highest BCUT2D eigenvalue weighted by Crippen LogP contribution is 2.32. The van der Waals surface area contributed by atoms with Gasteiger partial charge in [-0.15, -0.1) is 0 Å². The summed E-state index contributed by atoms with van der Waals surface area (Å²) in [5.41, 5.74) is 0.0937. The summed E-state index contributed by atoms with van der Waals surface area (Å²) < 4.78 is 44.5. The highest BCUT2D eigenvalue weighted by molar-refractivity contribution is 5.97. The lowest BCUT2D eigenvalue weighted by Crippen LogP contribution is -2.17. The third kappa shape index (κ3) is 2.63. The van der Waals surface area contributed by atoms with E-state index in [0.717, 1.165) is 12.4 Å². The van der Waals surface area contributed by atoms with Crippen molar-refractivity contribution in [3.05, 3.63) is 18.0 Å². The van der Waals surface area contributed by atoms with Crippen molar-refractivity contribution in [2.75, 3.05) is 6.61 Å². The van der Waals surface area contributed by atoms with Gasteiger partial charge in [-0.3, -0.25) is 4.68 Å². The summed E-state index contributed by atoms with van der Waals surface area (Å²) in [5, 5.41) is 17.1. The summed E-state index contributed by atoms with van der Waals surface area (Å²) in [7, 11) is 0. The summed E-state index contributed by atoms with van der Waals surface area (Å²) in [6.45, 7) is -0.384. The zero-order chi connectivity index (χ0) is 15.9. The Balaban J connectivity index is 2.01. The minimum absolute atomic E-state index is 0.0535. The summed E-state index contributed by atoms with van der Waals surface area (Å²) in [6, 6.07) is 0. The lowest BCUT2D eigenvalue weighted by Gasteiger charge is -2.14. The molecule has 7 nitrogen and oxygen atoms in total. The summed E-state index contributed by atoms with van der Waals surface area (Å²) in [5.74, 6) is -1.13. The van der Waals surface area contributed by atoms with Gasteiger partial charge in [-0.05, 0) is 0 Å². The van der Waals surface area contributed by atoms with Crippen molar-refractivity contribution < 1.29 is 27.8 Å². The van der Waals surface area contributed by atoms with Crippen molar-refractivity contribution in [2.24, 2.45) is 0 Å². The number of hydrogen-bond acceptors (Lipinski definition) is 4. The predicted octanol–water partition coefficient (Wildman–Crippen LogP) is 1.79. The van der Waals surface area contributed by atoms with Gasteiger partial charge in [0.25, 0.3) is 0 Å². The van der Waals surface area contributed by atoms with Gasteiger partial charge in [0, 0.05) is 24.7 Å². The van der Waals surface area contributed by atoms with Crippen molar-refractivity contribution in [3.63, 3.8) is 0 Å². The van der Waals surface area contributed by atoms with E-state index in [1.165, 1.54) is 4.68 Å². The Labute approximate surface area is 121 Å². The van der Waals surface area contributed by atoms with E-state index >= 15 is 0 Å². The lowest BCUT2D eigenvalue weighted by atomic mass is 10.1. The van der Waals surface area contributed by atoms with Crippen molar-refractivity contribution in [3.8, 4) is 17.1 Å². The molecule has 2 aromatic rings. The van der Waals surface area contributed by atoms with Crippen LogP contribution in [0.2, 0.25) is 0 Å². The van der Waals surface area contributed by atoms with Gasteiger partial charge < -0.3 is 9.84 Å². The molecule has 1 N–H and O–H groups in total. The maximum absolute atomic E-state index is 12.4. The van der Waals surface area contributed by atoms with E-state index in [4.69, 9.17) is 4.74 Å². The second kappa shape index (κ2) is 5.04. The lowest BCUT2D eigenvalue weighted by molar-refractivity contribution is -0.142. The smallest absolute Gasteiger partial charge is 0.408 e. The van der Waals surface area contributed by atoms with E-state index in [2.05, 4.69) is 10.2 Å². The predicted molar refractivity (Wildman–Crippen MR) is 66.6 cm³/mol. The van der Waals surface area contributed by atoms with Gasteiger partial charge in [0.1, 0.15) is 17.8 Å². The SMILES string of the molecule is O=C(O)c1c(-c2cnn(CC(F)(F)F)c2)nn2c1OCCC2. The number of halogens is 3. The fourth-order valence-electron chi connectivity index (χ4n) is 2.28. The molecule has 0 saturated heterocycles. The molecular weight excluding hydrogens is 305 g/mol. The first-order chi connectivity index (χ1) is 10.3. The molecule has 0 atom stereocenters. The first kappa shape index (κ1) is 14.4. The van der Waals surface area contributed by atoms with Crippen LogP contribution in [0.3, 0.4) is 0 Å². The van der Waals surface area contributed by atoms with Gasteiger partial charge >= 0.3 is 12.1 Å². The van der Waals surface area contributed by atoms with Crippen LogP contribution in [-0.4, -0.2) is 43.4 Å². The molecule has 3 heterocycles. The normalized spacial score (nSPS) is 14.5. The summed E-state index contributed by atoms with van der Waals surface area (Å²) in [4.78, 5) is 11.4. The van der Waals surface area contributed by atoms with Crippen LogP contribution in [0.4, 0.5) is 13.2 Å². The zero-order valence-corrected chi connectivity index (χ0v) is 11.2. The Morgan fingerprint density at radius 2 is 2.23 bits per heavy atom. The standard InChI is InChI=1S/C12H11F3N4O3/c13-12(14,15)6-18-5-7(4-16-18)9-8(11(20)21)10-19(17-9)2-1-3-22-10/h4-5H,1-3,6H2,(H,20,21). The molecule has 0 saturated carbocycles. The third-order valence-electron chi connectivity index (χ3n) is 3.12. The van der Waals surface area contributed by atoms with E-state index in [0.29, 0.717) is 24.3 Å². The van der Waals surface area contributed by atoms with E-state index in [-0.39, 0.29) is 22.7 Å². The maximum atomic E-state index is 12.4. The molecule has 0 radical (unpaired) electrons. The molecule has 0 aromatic carbocycles. The molecular formula is C12H11F3N4O3. The van der Waals surface area contributed by atoms with Crippen LogP contribution in [0.15, 0.2) is 12.4 Å². The number of ether oxygens (including phenoxy) is 1. The van der Waals surface area contributed by atoms with Gasteiger partial charge in [0.15, 0.2) is 0 Å². The van der Waals surface area contributed by atoms with E-state index < -0.39 is 18.7 Å². The minimum Gasteiger partial charge on any atom is -0.477 e. The van der Waals surface area contributed by atoms with Crippen molar-refractivity contribution in [1.29, 1.82) is 0 Å². The molecule has 0 spiro atoms. The number of carboxylic acid groups (broad SMARTS) is 1. The Hall–Kier alpha value is -2.52. The average molecular weight is 316 g/mol. The fourth-order valence-corrected chi connectivity index (χ4v) is 2.28. The first-order valence-corrected chi connectivity index (χ1v) is 6.41. The molecule has 118 valence electrons. The van der Waals surface area contributed by atoms with Gasteiger partial charge in [-0.1, -0.05) is 0 Å². The van der Waals surface area contributed by atoms with Crippen molar-refractivity contribution >= 4 is 5.97 Å². The first-order valence-electron chi connectivity index (χ1n) is 6.41. The van der Waals surface area contributed by atoms with E-state index in [1.807, 2.05) is 0 Å². The number of rotatable bonds is 3. The van der Waals surface area contributed by atoms with Crippen LogP contribution < -0.4 is 4.74 Å². The Kier molecular flexibility index (Phi) is 3.30. The molecule has 2 aromatic heterocycles. The summed E-state index contributed by atoms with van der Waals surface area (Å²) in [6.07, 6.45) is -1.45. The van der Waals surface area contributed by atoms with Crippen LogP contribution in [-0.2, 0) is 13.1 Å². The van der Waals surface area contributed by atoms with Crippen molar-refractivity contribution in [2.45, 2.75) is 25.7 Å². The quantitative estimate of drug-likeness (QED) is 0.933. The monoisotopic (exact) mass is 316 g/mol. The molecule has 3 rings (SSSR count). The summed E-state index contributed by atoms with van der Waals surface area (Å²) >= 11 is 0. The third-order valence-corrected chi connectivity index (χ3v) is 3.12. The molecule has 1 aliphatic heterocycles. The molecule has 0 amide bonds. The number of aryl methyl sites for hydroxylation is 1. The number of nitrogens with zero attached hydrogens (tertiary/aromatic N) is 4. The number of carboxylic acids is 1. The van der Waals surface area contributed by atoms with Gasteiger partial charge in [0.2, 0.25) is 5.88 Å². The van der Waals surface area contributed by atoms with Crippen molar-refractivity contribution in [1.82, 2.24) is 19.6 Å². The molecule has 10 heteroatoms. The molecule has 1 aliphatic rings. The van der Waals surface area contributed by atoms with Crippen LogP contribution in [0.5, 0.6) is 5.88 Å². The molecule has 22 heavy (non-hydrogen) atoms. The van der Waals surface area contributed by atoms with Crippen LogP contribution in [0.1, 0.15) is 16.8 Å². The maximum Gasteiger partial charge on any atom is 0.408 e. The number of hydrogen-bond donors (Lipinski definition) is 1. The molecule has 0 aliphatic carbocycles. The largest absolute Gasteiger partial charge is 0.477 e. The molecule has 0 unspecified atom stereocenters. The van der Waals surface area contributed by atoms with E-state index in [1.54, 1.807) is 0 Å². The van der Waals surface area contributed by atoms with Gasteiger partial charge in [-0.25, -0.2) is 9.48 Å². The number of carbonyl (C=O) groups is 1. The van der Waals surface area contributed by atoms with Gasteiger partial charge in [-0.2, -0.15) is 23.4 Å². The minimum atomic E-state index is -4.41. The van der Waals surface area contributed by atoms with E-state index in [9.17, 15) is 23.1 Å². The number of fused-ring (bicyclic) bond motifs is 1. The second-order valence-electron chi connectivity index (χ2n) is 4.80.